The third-order valence-electron chi connectivity index (χ3n) is 3.25. The molecule has 1 aromatic carbocycles. The van der Waals surface area contributed by atoms with E-state index in [1.165, 1.54) is 5.56 Å². The number of hydrogen-bond donors (Lipinski definition) is 2. The number of nitrogens with zero attached hydrogens (tertiary/aromatic N) is 2. The van der Waals surface area contributed by atoms with Gasteiger partial charge in [-0.2, -0.15) is 5.10 Å². The Bertz CT molecular complexity index is 687. The van der Waals surface area contributed by atoms with Crippen LogP contribution in [-0.4, -0.2) is 15.2 Å². The molecule has 0 aliphatic heterocycles. The fraction of sp³-hybridized carbons (Fsp3) is 0.200. The van der Waals surface area contributed by atoms with Crippen LogP contribution in [0.3, 0.4) is 0 Å². The summed E-state index contributed by atoms with van der Waals surface area (Å²) in [6.07, 6.45) is 2.35. The van der Waals surface area contributed by atoms with Crippen molar-refractivity contribution >= 4 is 0 Å². The van der Waals surface area contributed by atoms with E-state index in [4.69, 9.17) is 10.2 Å². The Morgan fingerprint density at radius 2 is 2.05 bits per heavy atom. The molecule has 2 heterocycles. The third-order valence-corrected chi connectivity index (χ3v) is 3.25. The summed E-state index contributed by atoms with van der Waals surface area (Å²) >= 11 is 0. The number of furan rings is 1. The number of H-pyrrole nitrogens is 1. The maximum atomic E-state index is 6.17. The number of benzene rings is 1. The first-order valence-corrected chi connectivity index (χ1v) is 6.50. The summed E-state index contributed by atoms with van der Waals surface area (Å²) in [5.41, 5.74) is 8.24. The highest BCUT2D eigenvalue weighted by atomic mass is 16.3. The zero-order chi connectivity index (χ0) is 13.9. The van der Waals surface area contributed by atoms with Gasteiger partial charge in [-0.1, -0.05) is 30.3 Å². The van der Waals surface area contributed by atoms with Crippen LogP contribution in [0.5, 0.6) is 0 Å². The first-order chi connectivity index (χ1) is 9.74. The molecule has 5 nitrogen and oxygen atoms in total. The fourth-order valence-corrected chi connectivity index (χ4v) is 2.14. The van der Waals surface area contributed by atoms with Crippen molar-refractivity contribution in [2.45, 2.75) is 19.4 Å². The van der Waals surface area contributed by atoms with Crippen LogP contribution in [0.4, 0.5) is 0 Å². The lowest BCUT2D eigenvalue weighted by molar-refractivity contribution is 0.535. The van der Waals surface area contributed by atoms with Gasteiger partial charge in [-0.15, -0.1) is 0 Å². The lowest BCUT2D eigenvalue weighted by atomic mass is 10.1. The molecule has 3 N–H and O–H groups in total. The van der Waals surface area contributed by atoms with E-state index in [9.17, 15) is 0 Å². The molecule has 0 spiro atoms. The second kappa shape index (κ2) is 5.30. The van der Waals surface area contributed by atoms with Gasteiger partial charge >= 0.3 is 0 Å². The molecule has 0 radical (unpaired) electrons. The molecule has 0 aliphatic rings. The highest BCUT2D eigenvalue weighted by Gasteiger charge is 2.15. The Kier molecular flexibility index (Phi) is 3.35. The van der Waals surface area contributed by atoms with Gasteiger partial charge in [-0.05, 0) is 25.0 Å². The zero-order valence-corrected chi connectivity index (χ0v) is 11.2. The largest absolute Gasteiger partial charge is 0.469 e. The molecule has 1 atom stereocenters. The molecule has 2 aromatic heterocycles. The predicted molar refractivity (Wildman–Crippen MR) is 75.9 cm³/mol. The van der Waals surface area contributed by atoms with Gasteiger partial charge in [-0.25, -0.2) is 4.98 Å². The Morgan fingerprint density at radius 1 is 1.25 bits per heavy atom. The van der Waals surface area contributed by atoms with E-state index in [1.807, 2.05) is 31.2 Å². The van der Waals surface area contributed by atoms with E-state index >= 15 is 0 Å². The Balaban J connectivity index is 1.78. The minimum Gasteiger partial charge on any atom is -0.469 e. The van der Waals surface area contributed by atoms with Crippen LogP contribution in [0.1, 0.15) is 23.2 Å². The van der Waals surface area contributed by atoms with Crippen molar-refractivity contribution in [3.8, 4) is 11.4 Å². The van der Waals surface area contributed by atoms with Gasteiger partial charge in [0.25, 0.3) is 0 Å². The van der Waals surface area contributed by atoms with Gasteiger partial charge in [0.2, 0.25) is 0 Å². The van der Waals surface area contributed by atoms with Crippen LogP contribution < -0.4 is 5.73 Å². The van der Waals surface area contributed by atoms with Crippen molar-refractivity contribution in [1.29, 1.82) is 0 Å². The highest BCUT2D eigenvalue weighted by Crippen LogP contribution is 2.22. The molecular weight excluding hydrogens is 252 g/mol. The summed E-state index contributed by atoms with van der Waals surface area (Å²) in [6.45, 7) is 1.88. The van der Waals surface area contributed by atoms with E-state index in [0.29, 0.717) is 11.6 Å². The van der Waals surface area contributed by atoms with E-state index < -0.39 is 0 Å². The van der Waals surface area contributed by atoms with Crippen LogP contribution in [-0.2, 0) is 6.42 Å². The summed E-state index contributed by atoms with van der Waals surface area (Å²) in [5.74, 6) is 2.10. The second-order valence-electron chi connectivity index (χ2n) is 4.73. The summed E-state index contributed by atoms with van der Waals surface area (Å²) in [5, 5.41) is 7.12. The zero-order valence-electron chi connectivity index (χ0n) is 11.2. The van der Waals surface area contributed by atoms with Crippen molar-refractivity contribution in [3.63, 3.8) is 0 Å². The number of nitrogens with two attached hydrogens (primary N) is 1. The molecule has 0 bridgehead atoms. The molecule has 1 unspecified atom stereocenters. The summed E-state index contributed by atoms with van der Waals surface area (Å²) < 4.78 is 5.26. The number of aromatic nitrogens is 3. The average molecular weight is 268 g/mol. The first kappa shape index (κ1) is 12.6. The van der Waals surface area contributed by atoms with E-state index in [1.54, 1.807) is 6.26 Å². The number of aromatic amines is 1. The Labute approximate surface area is 116 Å². The van der Waals surface area contributed by atoms with Crippen molar-refractivity contribution < 1.29 is 4.42 Å². The van der Waals surface area contributed by atoms with Crippen LogP contribution in [0.15, 0.2) is 47.1 Å². The Morgan fingerprint density at radius 3 is 2.75 bits per heavy atom. The van der Waals surface area contributed by atoms with Crippen molar-refractivity contribution in [2.24, 2.45) is 5.73 Å². The number of rotatable bonds is 4. The Hall–Kier alpha value is -2.40. The number of aryl methyl sites for hydroxylation is 1. The van der Waals surface area contributed by atoms with Crippen molar-refractivity contribution in [2.75, 3.05) is 0 Å². The van der Waals surface area contributed by atoms with Gasteiger partial charge in [0, 0.05) is 0 Å². The standard InChI is InChI=1S/C15H16N4O/c1-10-12(7-8-20-10)14-17-15(19-18-14)13(16)9-11-5-3-2-4-6-11/h2-8,13H,9,16H2,1H3,(H,17,18,19). The lowest BCUT2D eigenvalue weighted by Crippen LogP contribution is -2.15. The molecule has 0 saturated carbocycles. The molecule has 0 amide bonds. The molecule has 20 heavy (non-hydrogen) atoms. The first-order valence-electron chi connectivity index (χ1n) is 6.50. The summed E-state index contributed by atoms with van der Waals surface area (Å²) in [7, 11) is 0. The SMILES string of the molecule is Cc1occc1-c1n[nH]c(C(N)Cc2ccccc2)n1. The van der Waals surface area contributed by atoms with Gasteiger partial charge in [0.15, 0.2) is 5.82 Å². The minimum atomic E-state index is -0.203. The molecule has 0 aliphatic carbocycles. The van der Waals surface area contributed by atoms with Crippen molar-refractivity contribution in [1.82, 2.24) is 15.2 Å². The minimum absolute atomic E-state index is 0.203. The van der Waals surface area contributed by atoms with E-state index in [-0.39, 0.29) is 6.04 Å². The molecule has 3 rings (SSSR count). The molecular formula is C15H16N4O. The molecule has 5 heteroatoms. The van der Waals surface area contributed by atoms with Crippen LogP contribution >= 0.6 is 0 Å². The molecule has 0 saturated heterocycles. The quantitative estimate of drug-likeness (QED) is 0.762. The molecule has 3 aromatic rings. The normalized spacial score (nSPS) is 12.5. The topological polar surface area (TPSA) is 80.7 Å². The van der Waals surface area contributed by atoms with Gasteiger partial charge in [0.05, 0.1) is 17.9 Å². The van der Waals surface area contributed by atoms with E-state index in [2.05, 4.69) is 27.3 Å². The average Bonchev–Trinajstić information content (AvgIpc) is 3.08. The smallest absolute Gasteiger partial charge is 0.184 e. The third kappa shape index (κ3) is 2.48. The van der Waals surface area contributed by atoms with Gasteiger partial charge in [0.1, 0.15) is 11.6 Å². The lowest BCUT2D eigenvalue weighted by Gasteiger charge is -2.07. The summed E-state index contributed by atoms with van der Waals surface area (Å²) in [6, 6.07) is 11.7. The maximum absolute atomic E-state index is 6.17. The monoisotopic (exact) mass is 268 g/mol. The summed E-state index contributed by atoms with van der Waals surface area (Å²) in [4.78, 5) is 4.46. The van der Waals surface area contributed by atoms with Gasteiger partial charge < -0.3 is 10.2 Å². The maximum Gasteiger partial charge on any atom is 0.184 e. The fourth-order valence-electron chi connectivity index (χ4n) is 2.14. The molecule has 0 fully saturated rings. The predicted octanol–water partition coefficient (Wildman–Crippen LogP) is 2.62. The van der Waals surface area contributed by atoms with Crippen LogP contribution in [0.25, 0.3) is 11.4 Å². The number of nitrogens with one attached hydrogen (secondary N) is 1. The van der Waals surface area contributed by atoms with Crippen LogP contribution in [0.2, 0.25) is 0 Å². The van der Waals surface area contributed by atoms with Crippen LogP contribution in [0, 0.1) is 6.92 Å². The molecule has 102 valence electrons. The van der Waals surface area contributed by atoms with Gasteiger partial charge in [-0.3, -0.25) is 5.10 Å². The van der Waals surface area contributed by atoms with Crippen molar-refractivity contribution in [3.05, 3.63) is 59.8 Å². The number of hydrogen-bond acceptors (Lipinski definition) is 4. The van der Waals surface area contributed by atoms with E-state index in [0.717, 1.165) is 17.7 Å². The second-order valence-corrected chi connectivity index (χ2v) is 4.73. The highest BCUT2D eigenvalue weighted by molar-refractivity contribution is 5.56.